The minimum absolute atomic E-state index is 0.0392. The predicted molar refractivity (Wildman–Crippen MR) is 337 cm³/mol. The average molecular weight is 1120 g/mol. The molecule has 0 heterocycles. The number of nitrogens with zero attached hydrogens (tertiary/aromatic N) is 1. The van der Waals surface area contributed by atoms with Gasteiger partial charge in [0.1, 0.15) is 19.3 Å². The number of rotatable bonds is 61. The lowest BCUT2D eigenvalue weighted by Gasteiger charge is -2.27. The highest BCUT2D eigenvalue weighted by atomic mass is 31.2. The molecule has 0 aromatic carbocycles. The Kier molecular flexibility index (Phi) is 56.7. The van der Waals surface area contributed by atoms with Gasteiger partial charge in [0.15, 0.2) is 0 Å². The number of nitrogens with one attached hydrogen (secondary N) is 1. The lowest BCUT2D eigenvalue weighted by molar-refractivity contribution is -0.870. The minimum atomic E-state index is -4.45. The summed E-state index contributed by atoms with van der Waals surface area (Å²) in [5.74, 6) is -0.511. The number of allylic oxidation sites excluding steroid dienone is 7. The van der Waals surface area contributed by atoms with Gasteiger partial charge in [-0.25, -0.2) is 4.57 Å². The number of carbonyl (C=O) groups is 2. The molecule has 9 nitrogen and oxygen atoms in total. The van der Waals surface area contributed by atoms with Crippen LogP contribution in [0.1, 0.15) is 323 Å². The summed E-state index contributed by atoms with van der Waals surface area (Å²) >= 11 is 0. The molecule has 1 amide bonds. The SMILES string of the molecule is CCCCC/C=C\C/C=C\CCCCCCCCCCCCCCCCCC(=O)NC(COP(=O)(O)OCC[N+](C)(C)C)C(/C=C\CCCCCCCCCCCCC)OC(=O)CCCCC/C=C\CCCCCCCCC. The number of likely N-dealkylation sites (N-methyl/N-ethyl adjacent to an activating group) is 1. The van der Waals surface area contributed by atoms with Crippen molar-refractivity contribution in [3.05, 3.63) is 48.6 Å². The Morgan fingerprint density at radius 2 is 0.782 bits per heavy atom. The maximum atomic E-state index is 13.6. The first kappa shape index (κ1) is 76.0. The molecule has 0 aliphatic rings. The lowest BCUT2D eigenvalue weighted by atomic mass is 10.0. The van der Waals surface area contributed by atoms with Crippen molar-refractivity contribution in [1.29, 1.82) is 0 Å². The molecule has 0 radical (unpaired) electrons. The smallest absolute Gasteiger partial charge is 0.456 e. The number of hydrogen-bond acceptors (Lipinski definition) is 6. The Hall–Kier alpha value is -2.03. The van der Waals surface area contributed by atoms with E-state index in [-0.39, 0.29) is 31.5 Å². The van der Waals surface area contributed by atoms with Crippen molar-refractivity contribution in [2.45, 2.75) is 335 Å². The van der Waals surface area contributed by atoms with E-state index in [4.69, 9.17) is 13.8 Å². The minimum Gasteiger partial charge on any atom is -0.456 e. The molecule has 78 heavy (non-hydrogen) atoms. The zero-order valence-electron chi connectivity index (χ0n) is 52.4. The normalized spacial score (nSPS) is 13.9. The number of phosphoric ester groups is 1. The number of phosphoric acid groups is 1. The summed E-state index contributed by atoms with van der Waals surface area (Å²) in [6, 6.07) is -0.853. The van der Waals surface area contributed by atoms with Crippen LogP contribution >= 0.6 is 7.82 Å². The van der Waals surface area contributed by atoms with Gasteiger partial charge in [-0.15, -0.1) is 0 Å². The molecule has 0 rings (SSSR count). The van der Waals surface area contributed by atoms with E-state index in [1.807, 2.05) is 33.3 Å². The van der Waals surface area contributed by atoms with Crippen LogP contribution in [-0.2, 0) is 27.9 Å². The van der Waals surface area contributed by atoms with Gasteiger partial charge in [-0.05, 0) is 89.5 Å². The van der Waals surface area contributed by atoms with Gasteiger partial charge in [0.2, 0.25) is 5.91 Å². The highest BCUT2D eigenvalue weighted by Gasteiger charge is 2.30. The van der Waals surface area contributed by atoms with Crippen LogP contribution in [0.5, 0.6) is 0 Å². The summed E-state index contributed by atoms with van der Waals surface area (Å²) < 4.78 is 30.7. The number of quaternary nitrogens is 1. The van der Waals surface area contributed by atoms with Crippen LogP contribution in [0.4, 0.5) is 0 Å². The second-order valence-electron chi connectivity index (χ2n) is 24.0. The van der Waals surface area contributed by atoms with E-state index >= 15 is 0 Å². The molecule has 0 saturated carbocycles. The summed E-state index contributed by atoms with van der Waals surface area (Å²) in [7, 11) is 1.50. The predicted octanol–water partition coefficient (Wildman–Crippen LogP) is 20.8. The van der Waals surface area contributed by atoms with Crippen molar-refractivity contribution in [2.24, 2.45) is 0 Å². The second-order valence-corrected chi connectivity index (χ2v) is 25.4. The van der Waals surface area contributed by atoms with Crippen molar-refractivity contribution >= 4 is 19.7 Å². The van der Waals surface area contributed by atoms with E-state index in [1.54, 1.807) is 0 Å². The topological polar surface area (TPSA) is 111 Å². The van der Waals surface area contributed by atoms with Crippen LogP contribution in [-0.4, -0.2) is 74.3 Å². The molecule has 3 atom stereocenters. The summed E-state index contributed by atoms with van der Waals surface area (Å²) in [5, 5.41) is 3.06. The molecule has 0 aliphatic carbocycles. The van der Waals surface area contributed by atoms with Crippen LogP contribution in [0, 0.1) is 0 Å². The van der Waals surface area contributed by atoms with Crippen molar-refractivity contribution in [2.75, 3.05) is 40.9 Å². The number of ether oxygens (including phenoxy) is 1. The molecule has 0 bridgehead atoms. The largest absolute Gasteiger partial charge is 0.472 e. The maximum Gasteiger partial charge on any atom is 0.472 e. The number of carbonyl (C=O) groups excluding carboxylic acids is 2. The van der Waals surface area contributed by atoms with Crippen LogP contribution < -0.4 is 5.32 Å². The molecule has 2 N–H and O–H groups in total. The third-order valence-electron chi connectivity index (χ3n) is 15.0. The number of hydrogen-bond donors (Lipinski definition) is 2. The zero-order valence-corrected chi connectivity index (χ0v) is 53.3. The fourth-order valence-electron chi connectivity index (χ4n) is 9.79. The van der Waals surface area contributed by atoms with Crippen LogP contribution in [0.15, 0.2) is 48.6 Å². The summed E-state index contributed by atoms with van der Waals surface area (Å²) in [5.41, 5.74) is 0. The number of amides is 1. The third kappa shape index (κ3) is 58.6. The Balaban J connectivity index is 5.09. The first-order valence-electron chi connectivity index (χ1n) is 33.5. The summed E-state index contributed by atoms with van der Waals surface area (Å²) in [4.78, 5) is 37.8. The fourth-order valence-corrected chi connectivity index (χ4v) is 10.5. The average Bonchev–Trinajstić information content (AvgIpc) is 3.40. The van der Waals surface area contributed by atoms with Crippen LogP contribution in [0.3, 0.4) is 0 Å². The molecule has 3 unspecified atom stereocenters. The quantitative estimate of drug-likeness (QED) is 0.0205. The van der Waals surface area contributed by atoms with Gasteiger partial charge in [-0.2, -0.15) is 0 Å². The molecular weight excluding hydrogens is 988 g/mol. The molecule has 0 aromatic heterocycles. The van der Waals surface area contributed by atoms with Crippen molar-refractivity contribution < 1.29 is 37.3 Å². The molecule has 0 spiro atoms. The standard InChI is InChI=1S/C68H129N2O7P/c1-7-10-13-16-19-22-25-28-30-31-32-33-34-35-36-37-38-39-40-42-45-48-51-54-57-60-67(71)69-65(64-76-78(73,74)75-63-62-70(4,5)6)66(59-56-53-50-47-44-41-27-24-21-18-15-12-9-3)77-68(72)61-58-55-52-49-46-43-29-26-23-20-17-14-11-8-2/h19,22,28,30,43,46,56,59,65-66H,7-18,20-21,23-27,29,31-42,44-45,47-55,57-58,60-64H2,1-6H3,(H-,69,71,73,74)/p+1/b22-19-,30-28-,46-43-,59-56-. The van der Waals surface area contributed by atoms with Gasteiger partial charge in [0.05, 0.1) is 33.8 Å². The van der Waals surface area contributed by atoms with Crippen molar-refractivity contribution in [1.82, 2.24) is 5.32 Å². The first-order valence-corrected chi connectivity index (χ1v) is 35.0. The van der Waals surface area contributed by atoms with E-state index in [1.165, 1.54) is 212 Å². The molecule has 458 valence electrons. The van der Waals surface area contributed by atoms with Gasteiger partial charge >= 0.3 is 13.8 Å². The summed E-state index contributed by atoms with van der Waals surface area (Å²) in [6.45, 7) is 7.01. The van der Waals surface area contributed by atoms with E-state index in [9.17, 15) is 19.0 Å². The second kappa shape index (κ2) is 58.2. The van der Waals surface area contributed by atoms with Gasteiger partial charge in [0, 0.05) is 12.8 Å². The zero-order chi connectivity index (χ0) is 57.2. The highest BCUT2D eigenvalue weighted by Crippen LogP contribution is 2.43. The van der Waals surface area contributed by atoms with E-state index in [0.29, 0.717) is 17.4 Å². The van der Waals surface area contributed by atoms with E-state index in [0.717, 1.165) is 77.0 Å². The van der Waals surface area contributed by atoms with Crippen molar-refractivity contribution in [3.63, 3.8) is 0 Å². The molecule has 10 heteroatoms. The molecule has 0 fully saturated rings. The van der Waals surface area contributed by atoms with E-state index < -0.39 is 20.0 Å². The van der Waals surface area contributed by atoms with Gasteiger partial charge in [0.25, 0.3) is 0 Å². The number of unbranched alkanes of at least 4 members (excludes halogenated alkanes) is 39. The molecule has 0 aromatic rings. The Bertz CT molecular complexity index is 1470. The highest BCUT2D eigenvalue weighted by molar-refractivity contribution is 7.47. The van der Waals surface area contributed by atoms with Gasteiger partial charge in [-0.1, -0.05) is 269 Å². The van der Waals surface area contributed by atoms with Gasteiger partial charge < -0.3 is 19.4 Å². The third-order valence-corrected chi connectivity index (χ3v) is 16.0. The molecule has 0 saturated heterocycles. The Labute approximate surface area is 484 Å². The monoisotopic (exact) mass is 1120 g/mol. The lowest BCUT2D eigenvalue weighted by Crippen LogP contribution is -2.47. The Morgan fingerprint density at radius 3 is 1.21 bits per heavy atom. The fraction of sp³-hybridized carbons (Fsp3) is 0.853. The van der Waals surface area contributed by atoms with E-state index in [2.05, 4.69) is 62.5 Å². The number of esters is 1. The Morgan fingerprint density at radius 1 is 0.449 bits per heavy atom. The van der Waals surface area contributed by atoms with Crippen LogP contribution in [0.2, 0.25) is 0 Å². The maximum absolute atomic E-state index is 13.6. The first-order chi connectivity index (χ1) is 37.9. The van der Waals surface area contributed by atoms with Crippen LogP contribution in [0.25, 0.3) is 0 Å². The molecular formula is C68H130N2O7P+. The summed E-state index contributed by atoms with van der Waals surface area (Å²) in [6.07, 6.45) is 72.6. The van der Waals surface area contributed by atoms with Gasteiger partial charge in [-0.3, -0.25) is 18.6 Å². The van der Waals surface area contributed by atoms with Crippen molar-refractivity contribution in [3.8, 4) is 0 Å². The molecule has 0 aliphatic heterocycles.